The molecule has 1 aromatic heterocycles. The molecule has 5 heteroatoms. The zero-order valence-corrected chi connectivity index (χ0v) is 10.4. The molecule has 2 fully saturated rings. The molecule has 0 spiro atoms. The molecule has 1 saturated carbocycles. The summed E-state index contributed by atoms with van der Waals surface area (Å²) >= 11 is 1.70. The van der Waals surface area contributed by atoms with Crippen molar-refractivity contribution in [2.24, 2.45) is 17.6 Å². The minimum absolute atomic E-state index is 0.428. The molecule has 16 heavy (non-hydrogen) atoms. The van der Waals surface area contributed by atoms with Gasteiger partial charge in [-0.05, 0) is 38.0 Å². The predicted molar refractivity (Wildman–Crippen MR) is 65.7 cm³/mol. The maximum absolute atomic E-state index is 6.04. The number of aromatic nitrogens is 2. The molecule has 1 aliphatic carbocycles. The molecule has 0 aromatic carbocycles. The van der Waals surface area contributed by atoms with Gasteiger partial charge in [0.05, 0.1) is 0 Å². The fraction of sp³-hybridized carbons (Fsp3) is 0.818. The second kappa shape index (κ2) is 3.96. The lowest BCUT2D eigenvalue weighted by molar-refractivity contribution is 0.271. The number of aryl methyl sites for hydroxylation is 1. The molecule has 1 saturated heterocycles. The van der Waals surface area contributed by atoms with Crippen molar-refractivity contribution in [3.05, 3.63) is 5.01 Å². The highest BCUT2D eigenvalue weighted by Gasteiger charge is 2.37. The van der Waals surface area contributed by atoms with E-state index in [9.17, 15) is 0 Å². The van der Waals surface area contributed by atoms with Crippen molar-refractivity contribution in [1.29, 1.82) is 0 Å². The van der Waals surface area contributed by atoms with Gasteiger partial charge in [0, 0.05) is 19.1 Å². The van der Waals surface area contributed by atoms with E-state index in [-0.39, 0.29) is 0 Å². The van der Waals surface area contributed by atoms with Crippen LogP contribution in [0.1, 0.15) is 24.3 Å². The van der Waals surface area contributed by atoms with Crippen molar-refractivity contribution >= 4 is 16.5 Å². The highest BCUT2D eigenvalue weighted by atomic mass is 32.1. The minimum atomic E-state index is 0.428. The van der Waals surface area contributed by atoms with Gasteiger partial charge in [-0.25, -0.2) is 0 Å². The molecule has 2 N–H and O–H groups in total. The minimum Gasteiger partial charge on any atom is -0.346 e. The van der Waals surface area contributed by atoms with Gasteiger partial charge in [-0.2, -0.15) is 0 Å². The Morgan fingerprint density at radius 1 is 1.25 bits per heavy atom. The molecule has 0 amide bonds. The molecule has 2 aliphatic rings. The first-order valence-electron chi connectivity index (χ1n) is 6.03. The van der Waals surface area contributed by atoms with E-state index in [0.29, 0.717) is 6.04 Å². The van der Waals surface area contributed by atoms with Gasteiger partial charge < -0.3 is 10.6 Å². The van der Waals surface area contributed by atoms with Crippen LogP contribution in [0.3, 0.4) is 0 Å². The van der Waals surface area contributed by atoms with Gasteiger partial charge in [-0.3, -0.25) is 0 Å². The van der Waals surface area contributed by atoms with E-state index in [1.54, 1.807) is 11.3 Å². The topological polar surface area (TPSA) is 55.0 Å². The van der Waals surface area contributed by atoms with Gasteiger partial charge in [-0.15, -0.1) is 10.2 Å². The Hall–Kier alpha value is -0.680. The zero-order chi connectivity index (χ0) is 11.1. The van der Waals surface area contributed by atoms with Crippen LogP contribution in [0.5, 0.6) is 0 Å². The Labute approximate surface area is 99.9 Å². The van der Waals surface area contributed by atoms with E-state index < -0.39 is 0 Å². The van der Waals surface area contributed by atoms with Crippen LogP contribution in [-0.2, 0) is 0 Å². The highest BCUT2D eigenvalue weighted by Crippen LogP contribution is 2.38. The van der Waals surface area contributed by atoms with Crippen molar-refractivity contribution in [3.8, 4) is 0 Å². The first-order chi connectivity index (χ1) is 7.72. The number of hydrogen-bond donors (Lipinski definition) is 1. The van der Waals surface area contributed by atoms with E-state index in [0.717, 1.165) is 35.1 Å². The average Bonchev–Trinajstić information content (AvgIpc) is 2.83. The van der Waals surface area contributed by atoms with Crippen LogP contribution in [0.2, 0.25) is 0 Å². The lowest BCUT2D eigenvalue weighted by atomic mass is 9.79. The van der Waals surface area contributed by atoms with Crippen LogP contribution < -0.4 is 10.6 Å². The predicted octanol–water partition coefficient (Wildman–Crippen LogP) is 1.41. The number of anilines is 1. The number of nitrogens with zero attached hydrogens (tertiary/aromatic N) is 3. The van der Waals surface area contributed by atoms with Gasteiger partial charge in [0.25, 0.3) is 0 Å². The second-order valence-corrected chi connectivity index (χ2v) is 6.26. The van der Waals surface area contributed by atoms with Crippen LogP contribution in [-0.4, -0.2) is 29.3 Å². The molecule has 3 rings (SSSR count). The lowest BCUT2D eigenvalue weighted by Crippen LogP contribution is -2.32. The fourth-order valence-corrected chi connectivity index (χ4v) is 3.74. The van der Waals surface area contributed by atoms with Crippen molar-refractivity contribution in [2.45, 2.75) is 32.2 Å². The maximum Gasteiger partial charge on any atom is 0.208 e. The first-order valence-corrected chi connectivity index (χ1v) is 6.84. The summed E-state index contributed by atoms with van der Waals surface area (Å²) in [7, 11) is 0. The van der Waals surface area contributed by atoms with Crippen LogP contribution in [0, 0.1) is 18.8 Å². The number of hydrogen-bond acceptors (Lipinski definition) is 5. The van der Waals surface area contributed by atoms with Crippen LogP contribution in [0.4, 0.5) is 5.13 Å². The van der Waals surface area contributed by atoms with E-state index >= 15 is 0 Å². The summed E-state index contributed by atoms with van der Waals surface area (Å²) in [6, 6.07) is 0.428. The highest BCUT2D eigenvalue weighted by molar-refractivity contribution is 7.15. The SMILES string of the molecule is Cc1nnc(N2C[C@H]3CCC(N)C[C@H]3C2)s1. The molecular weight excluding hydrogens is 220 g/mol. The zero-order valence-electron chi connectivity index (χ0n) is 9.59. The third kappa shape index (κ3) is 1.82. The number of fused-ring (bicyclic) bond motifs is 1. The lowest BCUT2D eigenvalue weighted by Gasteiger charge is -2.27. The number of rotatable bonds is 1. The molecule has 1 aromatic rings. The number of nitrogens with two attached hydrogens (primary N) is 1. The van der Waals surface area contributed by atoms with E-state index in [2.05, 4.69) is 15.1 Å². The summed E-state index contributed by atoms with van der Waals surface area (Å²) < 4.78 is 0. The third-order valence-corrected chi connectivity index (χ3v) is 4.78. The monoisotopic (exact) mass is 238 g/mol. The largest absolute Gasteiger partial charge is 0.346 e. The molecule has 1 unspecified atom stereocenters. The Balaban J connectivity index is 1.72. The molecule has 0 bridgehead atoms. The molecule has 1 aliphatic heterocycles. The molecule has 4 nitrogen and oxygen atoms in total. The van der Waals surface area contributed by atoms with Crippen LogP contribution in [0.25, 0.3) is 0 Å². The molecular formula is C11H18N4S. The van der Waals surface area contributed by atoms with E-state index in [1.807, 2.05) is 6.92 Å². The summed E-state index contributed by atoms with van der Waals surface area (Å²) in [6.07, 6.45) is 3.68. The molecule has 2 heterocycles. The normalized spacial score (nSPS) is 34.1. The molecule has 3 atom stereocenters. The third-order valence-electron chi connectivity index (χ3n) is 3.88. The Morgan fingerprint density at radius 2 is 2.06 bits per heavy atom. The van der Waals surface area contributed by atoms with Gasteiger partial charge in [0.15, 0.2) is 0 Å². The maximum atomic E-state index is 6.04. The summed E-state index contributed by atoms with van der Waals surface area (Å²) in [6.45, 7) is 4.30. The van der Waals surface area contributed by atoms with Gasteiger partial charge in [0.1, 0.15) is 5.01 Å². The van der Waals surface area contributed by atoms with Crippen LogP contribution >= 0.6 is 11.3 Å². The molecule has 88 valence electrons. The quantitative estimate of drug-likeness (QED) is 0.803. The van der Waals surface area contributed by atoms with Crippen molar-refractivity contribution in [1.82, 2.24) is 10.2 Å². The summed E-state index contributed by atoms with van der Waals surface area (Å²) in [4.78, 5) is 2.40. The molecule has 0 radical (unpaired) electrons. The fourth-order valence-electron chi connectivity index (χ4n) is 3.04. The smallest absolute Gasteiger partial charge is 0.208 e. The first kappa shape index (κ1) is 10.5. The standard InChI is InChI=1S/C11H18N4S/c1-7-13-14-11(16-7)15-5-8-2-3-10(12)4-9(8)6-15/h8-10H,2-6,12H2,1H3/t8-,9+,10?/m1/s1. The van der Waals surface area contributed by atoms with Gasteiger partial charge >= 0.3 is 0 Å². The summed E-state index contributed by atoms with van der Waals surface area (Å²) in [5.74, 6) is 1.62. The average molecular weight is 238 g/mol. The Morgan fingerprint density at radius 3 is 2.81 bits per heavy atom. The summed E-state index contributed by atoms with van der Waals surface area (Å²) in [5, 5.41) is 10.5. The summed E-state index contributed by atoms with van der Waals surface area (Å²) in [5.41, 5.74) is 6.04. The Kier molecular flexibility index (Phi) is 2.59. The second-order valence-electron chi connectivity index (χ2n) is 5.10. The van der Waals surface area contributed by atoms with Crippen molar-refractivity contribution in [2.75, 3.05) is 18.0 Å². The van der Waals surface area contributed by atoms with Crippen molar-refractivity contribution < 1.29 is 0 Å². The Bertz CT molecular complexity index is 378. The van der Waals surface area contributed by atoms with Crippen molar-refractivity contribution in [3.63, 3.8) is 0 Å². The van der Waals surface area contributed by atoms with Crippen LogP contribution in [0.15, 0.2) is 0 Å². The van der Waals surface area contributed by atoms with Gasteiger partial charge in [0.2, 0.25) is 5.13 Å². The van der Waals surface area contributed by atoms with E-state index in [4.69, 9.17) is 5.73 Å². The van der Waals surface area contributed by atoms with Gasteiger partial charge in [-0.1, -0.05) is 11.3 Å². The van der Waals surface area contributed by atoms with E-state index in [1.165, 1.54) is 19.3 Å².